The smallest absolute Gasteiger partial charge is 0.322 e. The first-order valence-electron chi connectivity index (χ1n) is 7.07. The number of rotatable bonds is 4. The zero-order valence-electron chi connectivity index (χ0n) is 12.4. The second-order valence-electron chi connectivity index (χ2n) is 5.34. The van der Waals surface area contributed by atoms with Crippen LogP contribution >= 0.6 is 0 Å². The molecule has 1 aliphatic heterocycles. The fourth-order valence-electron chi connectivity index (χ4n) is 2.44. The number of piperidine rings is 1. The molecule has 0 radical (unpaired) electrons. The Labute approximate surface area is 132 Å². The highest BCUT2D eigenvalue weighted by atomic mass is 32.2. The third kappa shape index (κ3) is 3.59. The van der Waals surface area contributed by atoms with Crippen molar-refractivity contribution < 1.29 is 22.0 Å². The second kappa shape index (κ2) is 6.13. The lowest BCUT2D eigenvalue weighted by molar-refractivity contribution is -0.121. The van der Waals surface area contributed by atoms with Crippen LogP contribution < -0.4 is 5.32 Å². The van der Waals surface area contributed by atoms with Gasteiger partial charge in [0.05, 0.1) is 18.4 Å². The number of anilines is 1. The summed E-state index contributed by atoms with van der Waals surface area (Å²) >= 11 is 0. The fraction of sp³-hybridized carbons (Fsp3) is 0.462. The molecule has 1 aliphatic rings. The maximum atomic E-state index is 12.3. The van der Waals surface area contributed by atoms with E-state index in [1.807, 2.05) is 0 Å². The standard InChI is InChI=1S/C13H16N4O5S/c1-23(19,20)17-6-2-4-9(8-17)11(18)14-13-16-15-12(22-13)10-5-3-7-21-10/h3,5,7,9H,2,4,6,8H2,1H3,(H,14,16,18)/t9-/m1/s1. The third-order valence-electron chi connectivity index (χ3n) is 3.61. The first-order chi connectivity index (χ1) is 10.9. The summed E-state index contributed by atoms with van der Waals surface area (Å²) in [4.78, 5) is 12.3. The number of nitrogens with one attached hydrogen (secondary N) is 1. The normalized spacial score (nSPS) is 19.6. The monoisotopic (exact) mass is 340 g/mol. The molecule has 9 nitrogen and oxygen atoms in total. The summed E-state index contributed by atoms with van der Waals surface area (Å²) in [6.45, 7) is 0.593. The highest BCUT2D eigenvalue weighted by Gasteiger charge is 2.30. The van der Waals surface area contributed by atoms with Gasteiger partial charge in [-0.15, -0.1) is 5.10 Å². The van der Waals surface area contributed by atoms with E-state index < -0.39 is 15.9 Å². The second-order valence-corrected chi connectivity index (χ2v) is 7.32. The van der Waals surface area contributed by atoms with Gasteiger partial charge in [-0.3, -0.25) is 10.1 Å². The average molecular weight is 340 g/mol. The van der Waals surface area contributed by atoms with Crippen molar-refractivity contribution in [3.05, 3.63) is 18.4 Å². The molecular weight excluding hydrogens is 324 g/mol. The molecule has 23 heavy (non-hydrogen) atoms. The highest BCUT2D eigenvalue weighted by molar-refractivity contribution is 7.88. The molecule has 1 amide bonds. The summed E-state index contributed by atoms with van der Waals surface area (Å²) in [6, 6.07) is 3.29. The molecule has 0 saturated carbocycles. The van der Waals surface area contributed by atoms with E-state index in [0.29, 0.717) is 25.1 Å². The maximum absolute atomic E-state index is 12.3. The molecule has 0 aromatic carbocycles. The molecule has 1 fully saturated rings. The van der Waals surface area contributed by atoms with Gasteiger partial charge in [0.1, 0.15) is 0 Å². The fourth-order valence-corrected chi connectivity index (χ4v) is 3.35. The van der Waals surface area contributed by atoms with Gasteiger partial charge in [0, 0.05) is 13.1 Å². The molecule has 1 saturated heterocycles. The van der Waals surface area contributed by atoms with Crippen LogP contribution in [0.3, 0.4) is 0 Å². The van der Waals surface area contributed by atoms with Crippen molar-refractivity contribution in [2.24, 2.45) is 5.92 Å². The molecule has 124 valence electrons. The van der Waals surface area contributed by atoms with Gasteiger partial charge in [0.25, 0.3) is 5.89 Å². The largest absolute Gasteiger partial charge is 0.459 e. The summed E-state index contributed by atoms with van der Waals surface area (Å²) in [5.74, 6) is -0.226. The Morgan fingerprint density at radius 1 is 1.43 bits per heavy atom. The maximum Gasteiger partial charge on any atom is 0.322 e. The van der Waals surface area contributed by atoms with Crippen LogP contribution in [0.5, 0.6) is 0 Å². The van der Waals surface area contributed by atoms with E-state index in [4.69, 9.17) is 8.83 Å². The summed E-state index contributed by atoms with van der Waals surface area (Å²) in [5.41, 5.74) is 0. The Morgan fingerprint density at radius 2 is 2.26 bits per heavy atom. The number of hydrogen-bond donors (Lipinski definition) is 1. The first kappa shape index (κ1) is 15.7. The lowest BCUT2D eigenvalue weighted by Gasteiger charge is -2.29. The first-order valence-corrected chi connectivity index (χ1v) is 8.91. The van der Waals surface area contributed by atoms with Gasteiger partial charge in [-0.2, -0.15) is 0 Å². The molecule has 10 heteroatoms. The van der Waals surface area contributed by atoms with Gasteiger partial charge >= 0.3 is 6.01 Å². The van der Waals surface area contributed by atoms with Crippen LogP contribution in [0.25, 0.3) is 11.7 Å². The minimum Gasteiger partial charge on any atom is -0.459 e. The van der Waals surface area contributed by atoms with Crippen LogP contribution in [0, 0.1) is 5.92 Å². The highest BCUT2D eigenvalue weighted by Crippen LogP contribution is 2.22. The number of nitrogens with zero attached hydrogens (tertiary/aromatic N) is 3. The van der Waals surface area contributed by atoms with Crippen LogP contribution in [0.2, 0.25) is 0 Å². The molecule has 1 atom stereocenters. The Kier molecular flexibility index (Phi) is 4.18. The van der Waals surface area contributed by atoms with Crippen molar-refractivity contribution in [1.29, 1.82) is 0 Å². The Balaban J connectivity index is 1.65. The molecule has 1 N–H and O–H groups in total. The molecular formula is C13H16N4O5S. The van der Waals surface area contributed by atoms with E-state index in [1.165, 1.54) is 10.6 Å². The molecule has 0 bridgehead atoms. The molecule has 2 aromatic rings. The molecule has 3 heterocycles. The van der Waals surface area contributed by atoms with Crippen LogP contribution in [0.4, 0.5) is 6.01 Å². The zero-order chi connectivity index (χ0) is 16.4. The van der Waals surface area contributed by atoms with Gasteiger partial charge < -0.3 is 8.83 Å². The number of hydrogen-bond acceptors (Lipinski definition) is 7. The molecule has 0 unspecified atom stereocenters. The average Bonchev–Trinajstić information content (AvgIpc) is 3.17. The van der Waals surface area contributed by atoms with E-state index in [2.05, 4.69) is 15.5 Å². The summed E-state index contributed by atoms with van der Waals surface area (Å²) in [7, 11) is -3.30. The minimum absolute atomic E-state index is 0.0436. The van der Waals surface area contributed by atoms with Crippen molar-refractivity contribution in [1.82, 2.24) is 14.5 Å². The van der Waals surface area contributed by atoms with Gasteiger partial charge in [0.15, 0.2) is 5.76 Å². The Bertz CT molecular complexity index is 783. The Hall–Kier alpha value is -2.20. The van der Waals surface area contributed by atoms with Gasteiger partial charge in [-0.05, 0) is 25.0 Å². The summed E-state index contributed by atoms with van der Waals surface area (Å²) in [6.07, 6.45) is 3.85. The number of carbonyl (C=O) groups is 1. The van der Waals surface area contributed by atoms with Gasteiger partial charge in [-0.25, -0.2) is 12.7 Å². The SMILES string of the molecule is CS(=O)(=O)N1CCC[C@@H](C(=O)Nc2nnc(-c3ccco3)o2)C1. The van der Waals surface area contributed by atoms with Crippen molar-refractivity contribution in [3.63, 3.8) is 0 Å². The van der Waals surface area contributed by atoms with Crippen molar-refractivity contribution in [3.8, 4) is 11.7 Å². The number of amides is 1. The molecule has 3 rings (SSSR count). The van der Waals surface area contributed by atoms with E-state index in [9.17, 15) is 13.2 Å². The van der Waals surface area contributed by atoms with Crippen molar-refractivity contribution in [2.45, 2.75) is 12.8 Å². The van der Waals surface area contributed by atoms with Crippen molar-refractivity contribution in [2.75, 3.05) is 24.7 Å². The molecule has 0 aliphatic carbocycles. The number of aromatic nitrogens is 2. The predicted octanol–water partition coefficient (Wildman–Crippen LogP) is 0.940. The molecule has 0 spiro atoms. The summed E-state index contributed by atoms with van der Waals surface area (Å²) < 4.78 is 34.9. The lowest BCUT2D eigenvalue weighted by atomic mass is 9.99. The van der Waals surface area contributed by atoms with E-state index in [1.54, 1.807) is 12.1 Å². The zero-order valence-corrected chi connectivity index (χ0v) is 13.2. The van der Waals surface area contributed by atoms with Gasteiger partial charge in [-0.1, -0.05) is 5.10 Å². The van der Waals surface area contributed by atoms with Crippen molar-refractivity contribution >= 4 is 21.9 Å². The van der Waals surface area contributed by atoms with Crippen LogP contribution in [0.1, 0.15) is 12.8 Å². The van der Waals surface area contributed by atoms with Gasteiger partial charge in [0.2, 0.25) is 15.9 Å². The molecule has 2 aromatic heterocycles. The number of carbonyl (C=O) groups excluding carboxylic acids is 1. The topological polar surface area (TPSA) is 119 Å². The Morgan fingerprint density at radius 3 is 2.96 bits per heavy atom. The van der Waals surface area contributed by atoms with E-state index >= 15 is 0 Å². The number of sulfonamides is 1. The van der Waals surface area contributed by atoms with Crippen LogP contribution in [0.15, 0.2) is 27.2 Å². The third-order valence-corrected chi connectivity index (χ3v) is 4.88. The van der Waals surface area contributed by atoms with E-state index in [-0.39, 0.29) is 24.4 Å². The lowest BCUT2D eigenvalue weighted by Crippen LogP contribution is -2.43. The van der Waals surface area contributed by atoms with E-state index in [0.717, 1.165) is 6.26 Å². The quantitative estimate of drug-likeness (QED) is 0.879. The number of furan rings is 1. The summed E-state index contributed by atoms with van der Waals surface area (Å²) in [5, 5.41) is 10.0. The van der Waals surface area contributed by atoms with Crippen LogP contribution in [-0.2, 0) is 14.8 Å². The minimum atomic E-state index is -3.30. The predicted molar refractivity (Wildman–Crippen MR) is 79.8 cm³/mol. The van der Waals surface area contributed by atoms with Crippen LogP contribution in [-0.4, -0.2) is 48.2 Å².